The summed E-state index contributed by atoms with van der Waals surface area (Å²) in [5.41, 5.74) is 1.54. The standard InChI is InChI=1S/C19H31BrN4O/c1-14(2)17-16(20)18(22-21-17)19(25)24-11-7-15(8-12-24)13-23-9-5-3-4-6-10-23/h14-15H,3-13H2,1-2H3,(H,21,22). The van der Waals surface area contributed by atoms with Gasteiger partial charge >= 0.3 is 0 Å². The predicted octanol–water partition coefficient (Wildman–Crippen LogP) is 4.02. The minimum atomic E-state index is 0.0586. The molecule has 1 aromatic heterocycles. The number of carbonyl (C=O) groups is 1. The normalized spacial score (nSPS) is 20.9. The van der Waals surface area contributed by atoms with Crippen molar-refractivity contribution in [2.24, 2.45) is 5.92 Å². The van der Waals surface area contributed by atoms with Gasteiger partial charge in [-0.2, -0.15) is 5.10 Å². The summed E-state index contributed by atoms with van der Waals surface area (Å²) in [6.45, 7) is 9.64. The fourth-order valence-electron chi connectivity index (χ4n) is 4.02. The molecule has 25 heavy (non-hydrogen) atoms. The highest BCUT2D eigenvalue weighted by Crippen LogP contribution is 2.28. The molecule has 0 bridgehead atoms. The first-order valence-corrected chi connectivity index (χ1v) is 10.6. The summed E-state index contributed by atoms with van der Waals surface area (Å²) in [5, 5.41) is 7.28. The Kier molecular flexibility index (Phi) is 6.55. The molecule has 140 valence electrons. The zero-order valence-electron chi connectivity index (χ0n) is 15.6. The molecule has 3 rings (SSSR count). The van der Waals surface area contributed by atoms with Gasteiger partial charge in [0.1, 0.15) is 0 Å². The molecule has 1 N–H and O–H groups in total. The topological polar surface area (TPSA) is 52.2 Å². The Morgan fingerprint density at radius 2 is 1.80 bits per heavy atom. The van der Waals surface area contributed by atoms with Crippen LogP contribution in [0.25, 0.3) is 0 Å². The highest BCUT2D eigenvalue weighted by molar-refractivity contribution is 9.10. The third kappa shape index (κ3) is 4.64. The van der Waals surface area contributed by atoms with Gasteiger partial charge in [-0.3, -0.25) is 9.89 Å². The fraction of sp³-hybridized carbons (Fsp3) is 0.789. The van der Waals surface area contributed by atoms with Crippen LogP contribution in [0.1, 0.15) is 74.5 Å². The van der Waals surface area contributed by atoms with Crippen molar-refractivity contribution in [3.8, 4) is 0 Å². The molecule has 0 spiro atoms. The minimum absolute atomic E-state index is 0.0586. The number of halogens is 1. The van der Waals surface area contributed by atoms with Crippen LogP contribution < -0.4 is 0 Å². The summed E-state index contributed by atoms with van der Waals surface area (Å²) < 4.78 is 0.833. The van der Waals surface area contributed by atoms with Crippen LogP contribution in [-0.4, -0.2) is 58.6 Å². The van der Waals surface area contributed by atoms with Gasteiger partial charge in [0.2, 0.25) is 0 Å². The molecule has 5 nitrogen and oxygen atoms in total. The van der Waals surface area contributed by atoms with Crippen molar-refractivity contribution in [2.75, 3.05) is 32.7 Å². The van der Waals surface area contributed by atoms with E-state index in [1.54, 1.807) is 0 Å². The Balaban J connectivity index is 1.52. The molecule has 2 aliphatic heterocycles. The van der Waals surface area contributed by atoms with Gasteiger partial charge in [0.15, 0.2) is 5.69 Å². The van der Waals surface area contributed by atoms with E-state index in [0.29, 0.717) is 11.6 Å². The van der Waals surface area contributed by atoms with Gasteiger partial charge in [0.25, 0.3) is 5.91 Å². The summed E-state index contributed by atoms with van der Waals surface area (Å²) >= 11 is 3.56. The number of rotatable bonds is 4. The molecule has 2 aliphatic rings. The lowest BCUT2D eigenvalue weighted by atomic mass is 9.95. The van der Waals surface area contributed by atoms with Gasteiger partial charge in [-0.25, -0.2) is 0 Å². The van der Waals surface area contributed by atoms with Crippen LogP contribution in [-0.2, 0) is 0 Å². The van der Waals surface area contributed by atoms with E-state index in [1.165, 1.54) is 45.3 Å². The average molecular weight is 411 g/mol. The largest absolute Gasteiger partial charge is 0.337 e. The Hall–Kier alpha value is -0.880. The van der Waals surface area contributed by atoms with Crippen LogP contribution in [0.15, 0.2) is 4.47 Å². The van der Waals surface area contributed by atoms with E-state index in [1.807, 2.05) is 4.90 Å². The number of nitrogens with zero attached hydrogens (tertiary/aromatic N) is 3. The highest BCUT2D eigenvalue weighted by atomic mass is 79.9. The number of amides is 1. The summed E-state index contributed by atoms with van der Waals surface area (Å²) in [5.74, 6) is 1.11. The van der Waals surface area contributed by atoms with E-state index in [0.717, 1.165) is 42.0 Å². The van der Waals surface area contributed by atoms with Crippen LogP contribution in [0.2, 0.25) is 0 Å². The van der Waals surface area contributed by atoms with Crippen LogP contribution in [0.4, 0.5) is 0 Å². The lowest BCUT2D eigenvalue weighted by Crippen LogP contribution is -2.42. The first kappa shape index (κ1) is 18.9. The van der Waals surface area contributed by atoms with Crippen molar-refractivity contribution in [2.45, 2.75) is 58.3 Å². The molecule has 2 saturated heterocycles. The van der Waals surface area contributed by atoms with Crippen LogP contribution >= 0.6 is 15.9 Å². The number of nitrogens with one attached hydrogen (secondary N) is 1. The summed E-state index contributed by atoms with van der Waals surface area (Å²) in [7, 11) is 0. The van der Waals surface area contributed by atoms with Gasteiger partial charge < -0.3 is 9.80 Å². The minimum Gasteiger partial charge on any atom is -0.337 e. The quantitative estimate of drug-likeness (QED) is 0.814. The first-order chi connectivity index (χ1) is 12.1. The molecule has 3 heterocycles. The number of piperidine rings is 1. The fourth-order valence-corrected chi connectivity index (χ4v) is 4.82. The second kappa shape index (κ2) is 8.67. The second-order valence-electron chi connectivity index (χ2n) is 7.90. The summed E-state index contributed by atoms with van der Waals surface area (Å²) in [6.07, 6.45) is 7.70. The maximum absolute atomic E-state index is 12.8. The molecule has 0 saturated carbocycles. The zero-order chi connectivity index (χ0) is 17.8. The third-order valence-corrected chi connectivity index (χ3v) is 6.43. The van der Waals surface area contributed by atoms with Crippen LogP contribution in [0.3, 0.4) is 0 Å². The zero-order valence-corrected chi connectivity index (χ0v) is 17.1. The van der Waals surface area contributed by atoms with Crippen LogP contribution in [0.5, 0.6) is 0 Å². The van der Waals surface area contributed by atoms with Crippen molar-refractivity contribution >= 4 is 21.8 Å². The Labute approximate surface area is 159 Å². The molecule has 2 fully saturated rings. The van der Waals surface area contributed by atoms with Gasteiger partial charge in [-0.15, -0.1) is 0 Å². The highest BCUT2D eigenvalue weighted by Gasteiger charge is 2.28. The predicted molar refractivity (Wildman–Crippen MR) is 104 cm³/mol. The average Bonchev–Trinajstić information content (AvgIpc) is 2.81. The molecule has 6 heteroatoms. The lowest BCUT2D eigenvalue weighted by molar-refractivity contribution is 0.0661. The number of H-pyrrole nitrogens is 1. The van der Waals surface area contributed by atoms with Gasteiger partial charge in [-0.05, 0) is 66.5 Å². The number of hydrogen-bond donors (Lipinski definition) is 1. The summed E-state index contributed by atoms with van der Waals surface area (Å²) in [6, 6.07) is 0. The van der Waals surface area contributed by atoms with Gasteiger partial charge in [-0.1, -0.05) is 26.7 Å². The molecule has 1 amide bonds. The van der Waals surface area contributed by atoms with Gasteiger partial charge in [0, 0.05) is 19.6 Å². The number of likely N-dealkylation sites (tertiary alicyclic amines) is 2. The lowest BCUT2D eigenvalue weighted by Gasteiger charge is -2.34. The monoisotopic (exact) mass is 410 g/mol. The van der Waals surface area contributed by atoms with E-state index in [2.05, 4.69) is 44.9 Å². The number of aromatic amines is 1. The van der Waals surface area contributed by atoms with E-state index >= 15 is 0 Å². The second-order valence-corrected chi connectivity index (χ2v) is 8.70. The molecule has 0 aliphatic carbocycles. The molecule has 0 radical (unpaired) electrons. The maximum Gasteiger partial charge on any atom is 0.275 e. The Morgan fingerprint density at radius 1 is 1.16 bits per heavy atom. The van der Waals surface area contributed by atoms with Crippen molar-refractivity contribution in [3.63, 3.8) is 0 Å². The van der Waals surface area contributed by atoms with Crippen molar-refractivity contribution in [1.29, 1.82) is 0 Å². The maximum atomic E-state index is 12.8. The molecule has 0 aromatic carbocycles. The first-order valence-electron chi connectivity index (χ1n) is 9.81. The van der Waals surface area contributed by atoms with Gasteiger partial charge in [0.05, 0.1) is 10.2 Å². The molecule has 1 aromatic rings. The van der Waals surface area contributed by atoms with Crippen molar-refractivity contribution in [3.05, 3.63) is 15.9 Å². The van der Waals surface area contributed by atoms with Crippen molar-refractivity contribution < 1.29 is 4.79 Å². The molecule has 0 unspecified atom stereocenters. The van der Waals surface area contributed by atoms with Crippen LogP contribution in [0, 0.1) is 5.92 Å². The summed E-state index contributed by atoms with van der Waals surface area (Å²) in [4.78, 5) is 17.4. The smallest absolute Gasteiger partial charge is 0.275 e. The number of hydrogen-bond acceptors (Lipinski definition) is 3. The number of aromatic nitrogens is 2. The van der Waals surface area contributed by atoms with E-state index in [9.17, 15) is 4.79 Å². The van der Waals surface area contributed by atoms with E-state index in [4.69, 9.17) is 0 Å². The Morgan fingerprint density at radius 3 is 2.36 bits per heavy atom. The van der Waals surface area contributed by atoms with Crippen molar-refractivity contribution in [1.82, 2.24) is 20.0 Å². The molecular weight excluding hydrogens is 380 g/mol. The number of carbonyl (C=O) groups excluding carboxylic acids is 1. The Bertz CT molecular complexity index is 570. The SMILES string of the molecule is CC(C)c1[nH]nc(C(=O)N2CCC(CN3CCCCCC3)CC2)c1Br. The molecule has 0 atom stereocenters. The van der Waals surface area contributed by atoms with E-state index in [-0.39, 0.29) is 5.91 Å². The third-order valence-electron chi connectivity index (χ3n) is 5.63. The van der Waals surface area contributed by atoms with E-state index < -0.39 is 0 Å². The molecular formula is C19H31BrN4O.